The van der Waals surface area contributed by atoms with Crippen LogP contribution in [0, 0.1) is 5.82 Å². The lowest BCUT2D eigenvalue weighted by Crippen LogP contribution is -2.51. The summed E-state index contributed by atoms with van der Waals surface area (Å²) >= 11 is 0. The maximum atomic E-state index is 13.4. The van der Waals surface area contributed by atoms with E-state index in [4.69, 9.17) is 15.2 Å². The van der Waals surface area contributed by atoms with Crippen LogP contribution in [-0.4, -0.2) is 17.8 Å². The van der Waals surface area contributed by atoms with Crippen molar-refractivity contribution in [3.8, 4) is 5.75 Å². The Labute approximate surface area is 112 Å². The molecule has 0 saturated carbocycles. The van der Waals surface area contributed by atoms with Gasteiger partial charge in [0.25, 0.3) is 0 Å². The number of halogens is 1. The van der Waals surface area contributed by atoms with E-state index in [1.54, 1.807) is 6.07 Å². The molecule has 1 aromatic rings. The van der Waals surface area contributed by atoms with Gasteiger partial charge in [-0.15, -0.1) is 0 Å². The first-order valence-electron chi connectivity index (χ1n) is 6.87. The van der Waals surface area contributed by atoms with Crippen LogP contribution in [0.1, 0.15) is 44.7 Å². The first kappa shape index (κ1) is 12.9. The molecule has 2 N–H and O–H groups in total. The van der Waals surface area contributed by atoms with Gasteiger partial charge >= 0.3 is 0 Å². The summed E-state index contributed by atoms with van der Waals surface area (Å²) < 4.78 is 25.3. The molecule has 0 aromatic heterocycles. The van der Waals surface area contributed by atoms with Crippen LogP contribution in [0.15, 0.2) is 18.2 Å². The van der Waals surface area contributed by atoms with Crippen molar-refractivity contribution in [2.45, 2.75) is 57.0 Å². The molecule has 4 heteroatoms. The van der Waals surface area contributed by atoms with Gasteiger partial charge in [0, 0.05) is 36.9 Å². The third-order valence-corrected chi connectivity index (χ3v) is 4.08. The highest BCUT2D eigenvalue weighted by atomic mass is 19.1. The van der Waals surface area contributed by atoms with Crippen molar-refractivity contribution in [3.63, 3.8) is 0 Å². The molecule has 2 aliphatic heterocycles. The van der Waals surface area contributed by atoms with Crippen LogP contribution in [0.2, 0.25) is 0 Å². The van der Waals surface area contributed by atoms with E-state index in [-0.39, 0.29) is 29.7 Å². The maximum absolute atomic E-state index is 13.4. The van der Waals surface area contributed by atoms with Crippen LogP contribution in [0.3, 0.4) is 0 Å². The van der Waals surface area contributed by atoms with Gasteiger partial charge in [-0.1, -0.05) is 6.07 Å². The highest BCUT2D eigenvalue weighted by Crippen LogP contribution is 2.45. The molecule has 104 valence electrons. The first-order valence-corrected chi connectivity index (χ1v) is 6.87. The molecule has 0 bridgehead atoms. The smallest absolute Gasteiger partial charge is 0.127 e. The molecule has 0 radical (unpaired) electrons. The van der Waals surface area contributed by atoms with E-state index in [2.05, 4.69) is 0 Å². The maximum Gasteiger partial charge on any atom is 0.127 e. The third-order valence-electron chi connectivity index (χ3n) is 4.08. The number of benzene rings is 1. The van der Waals surface area contributed by atoms with Crippen LogP contribution >= 0.6 is 0 Å². The fraction of sp³-hybridized carbons (Fsp3) is 0.600. The normalized spacial score (nSPS) is 37.8. The monoisotopic (exact) mass is 265 g/mol. The summed E-state index contributed by atoms with van der Waals surface area (Å²) in [5, 5.41) is 0. The lowest BCUT2D eigenvalue weighted by molar-refractivity contribution is -0.129. The van der Waals surface area contributed by atoms with Gasteiger partial charge in [0.15, 0.2) is 0 Å². The fourth-order valence-electron chi connectivity index (χ4n) is 3.56. The van der Waals surface area contributed by atoms with Crippen LogP contribution in [-0.2, 0) is 4.74 Å². The molecule has 19 heavy (non-hydrogen) atoms. The molecule has 0 aliphatic carbocycles. The molecule has 1 spiro atoms. The lowest BCUT2D eigenvalue weighted by atomic mass is 9.79. The quantitative estimate of drug-likeness (QED) is 0.784. The second kappa shape index (κ2) is 4.46. The van der Waals surface area contributed by atoms with Gasteiger partial charge in [0.1, 0.15) is 17.2 Å². The van der Waals surface area contributed by atoms with Crippen molar-refractivity contribution < 1.29 is 13.9 Å². The summed E-state index contributed by atoms with van der Waals surface area (Å²) in [6.45, 7) is 4.10. The second-order valence-corrected chi connectivity index (χ2v) is 5.94. The zero-order valence-corrected chi connectivity index (χ0v) is 11.4. The molecule has 3 nitrogen and oxygen atoms in total. The minimum absolute atomic E-state index is 0.0955. The molecule has 3 rings (SSSR count). The summed E-state index contributed by atoms with van der Waals surface area (Å²) in [6.07, 6.45) is 2.67. The number of rotatable bonds is 0. The van der Waals surface area contributed by atoms with Crippen LogP contribution in [0.25, 0.3) is 0 Å². The minimum Gasteiger partial charge on any atom is -0.487 e. The predicted octanol–water partition coefficient (Wildman–Crippen LogP) is 2.93. The summed E-state index contributed by atoms with van der Waals surface area (Å²) in [5.41, 5.74) is 6.84. The van der Waals surface area contributed by atoms with Gasteiger partial charge < -0.3 is 15.2 Å². The molecule has 0 amide bonds. The standard InChI is InChI=1S/C15H20FNO2/c1-9-6-15(7-10(2)18-9)8-13(17)12-4-3-11(16)5-14(12)19-15/h3-5,9-10,13H,6-8,17H2,1-2H3/t9?,10?,13-,15?/m1/s1. The van der Waals surface area contributed by atoms with Crippen molar-refractivity contribution in [1.29, 1.82) is 0 Å². The molecule has 2 aliphatic rings. The van der Waals surface area contributed by atoms with Gasteiger partial charge in [0.05, 0.1) is 12.2 Å². The van der Waals surface area contributed by atoms with Gasteiger partial charge in [-0.2, -0.15) is 0 Å². The van der Waals surface area contributed by atoms with Crippen molar-refractivity contribution in [2.24, 2.45) is 5.73 Å². The average molecular weight is 265 g/mol. The Morgan fingerprint density at radius 1 is 1.21 bits per heavy atom. The van der Waals surface area contributed by atoms with E-state index in [0.29, 0.717) is 5.75 Å². The van der Waals surface area contributed by atoms with E-state index in [1.807, 2.05) is 13.8 Å². The molecular weight excluding hydrogens is 245 g/mol. The van der Waals surface area contributed by atoms with Crippen LogP contribution < -0.4 is 10.5 Å². The molecule has 2 heterocycles. The zero-order valence-electron chi connectivity index (χ0n) is 11.4. The van der Waals surface area contributed by atoms with E-state index < -0.39 is 0 Å². The van der Waals surface area contributed by atoms with Gasteiger partial charge in [0.2, 0.25) is 0 Å². The van der Waals surface area contributed by atoms with Crippen LogP contribution in [0.4, 0.5) is 4.39 Å². The van der Waals surface area contributed by atoms with Gasteiger partial charge in [-0.05, 0) is 19.9 Å². The largest absolute Gasteiger partial charge is 0.487 e. The van der Waals surface area contributed by atoms with Crippen molar-refractivity contribution in [1.82, 2.24) is 0 Å². The number of ether oxygens (including phenoxy) is 2. The highest BCUT2D eigenvalue weighted by Gasteiger charge is 2.45. The van der Waals surface area contributed by atoms with Crippen molar-refractivity contribution in [3.05, 3.63) is 29.6 Å². The number of hydrogen-bond acceptors (Lipinski definition) is 3. The second-order valence-electron chi connectivity index (χ2n) is 5.94. The lowest BCUT2D eigenvalue weighted by Gasteiger charge is -2.47. The number of nitrogens with two attached hydrogens (primary N) is 1. The highest BCUT2D eigenvalue weighted by molar-refractivity contribution is 5.39. The zero-order chi connectivity index (χ0) is 13.6. The van der Waals surface area contributed by atoms with E-state index in [0.717, 1.165) is 24.8 Å². The van der Waals surface area contributed by atoms with Gasteiger partial charge in [-0.3, -0.25) is 0 Å². The van der Waals surface area contributed by atoms with Crippen molar-refractivity contribution in [2.75, 3.05) is 0 Å². The van der Waals surface area contributed by atoms with E-state index in [9.17, 15) is 4.39 Å². The Kier molecular flexibility index (Phi) is 3.02. The molecular formula is C15H20FNO2. The SMILES string of the molecule is CC1CC2(CC(C)O1)C[C@@H](N)c1ccc(F)cc1O2. The van der Waals surface area contributed by atoms with Gasteiger partial charge in [-0.25, -0.2) is 4.39 Å². The Morgan fingerprint density at radius 2 is 1.89 bits per heavy atom. The summed E-state index contributed by atoms with van der Waals surface area (Å²) in [6, 6.07) is 4.52. The fourth-order valence-corrected chi connectivity index (χ4v) is 3.56. The van der Waals surface area contributed by atoms with E-state index in [1.165, 1.54) is 12.1 Å². The molecule has 2 unspecified atom stereocenters. The Hall–Kier alpha value is -1.13. The number of hydrogen-bond donors (Lipinski definition) is 1. The Balaban J connectivity index is 1.95. The topological polar surface area (TPSA) is 44.5 Å². The van der Waals surface area contributed by atoms with E-state index >= 15 is 0 Å². The minimum atomic E-state index is -0.308. The average Bonchev–Trinajstić information content (AvgIpc) is 2.25. The predicted molar refractivity (Wildman–Crippen MR) is 70.5 cm³/mol. The Bertz CT molecular complexity index is 481. The molecule has 1 aromatic carbocycles. The molecule has 1 fully saturated rings. The summed E-state index contributed by atoms with van der Waals surface area (Å²) in [5.74, 6) is 0.316. The van der Waals surface area contributed by atoms with Crippen LogP contribution in [0.5, 0.6) is 5.75 Å². The Morgan fingerprint density at radius 3 is 2.58 bits per heavy atom. The number of fused-ring (bicyclic) bond motifs is 1. The summed E-state index contributed by atoms with van der Waals surface area (Å²) in [7, 11) is 0. The van der Waals surface area contributed by atoms with Crippen molar-refractivity contribution >= 4 is 0 Å². The molecule has 3 atom stereocenters. The summed E-state index contributed by atoms with van der Waals surface area (Å²) in [4.78, 5) is 0. The first-order chi connectivity index (χ1) is 8.97. The molecule has 1 saturated heterocycles. The third kappa shape index (κ3) is 2.35.